The number of nitrogens with two attached hydrogens (primary N) is 1. The van der Waals surface area contributed by atoms with Crippen molar-refractivity contribution in [2.45, 2.75) is 57.9 Å². The zero-order chi connectivity index (χ0) is 13.5. The normalized spacial score (nSPS) is 21.1. The Balaban J connectivity index is 2.27. The molecule has 1 aromatic rings. The largest absolute Gasteiger partial charge is 0.271 e. The monoisotopic (exact) mass is 258 g/mol. The van der Waals surface area contributed by atoms with Crippen LogP contribution in [0.25, 0.3) is 0 Å². The third kappa shape index (κ3) is 3.68. The van der Waals surface area contributed by atoms with Crippen molar-refractivity contribution in [2.24, 2.45) is 5.84 Å². The lowest BCUT2D eigenvalue weighted by Gasteiger charge is -2.24. The Kier molecular flexibility index (Phi) is 5.62. The standard InChI is InChI=1S/C17H26N2/c1-2-14-10-8-9-13-16(14)17(19-18)15-11-6-4-3-5-7-12-15/h8-11,13,17,19H,2-7,12,18H2,1H3/b15-11+. The number of hydrogen-bond acceptors (Lipinski definition) is 2. The summed E-state index contributed by atoms with van der Waals surface area (Å²) in [5, 5.41) is 0. The zero-order valence-corrected chi connectivity index (χ0v) is 12.0. The van der Waals surface area contributed by atoms with Crippen molar-refractivity contribution in [1.29, 1.82) is 0 Å². The lowest BCUT2D eigenvalue weighted by atomic mass is 9.88. The van der Waals surface area contributed by atoms with Gasteiger partial charge in [0.05, 0.1) is 6.04 Å². The van der Waals surface area contributed by atoms with Crippen molar-refractivity contribution >= 4 is 0 Å². The molecule has 0 amide bonds. The molecular weight excluding hydrogens is 232 g/mol. The van der Waals surface area contributed by atoms with Crippen LogP contribution < -0.4 is 11.3 Å². The first-order valence-corrected chi connectivity index (χ1v) is 7.59. The summed E-state index contributed by atoms with van der Waals surface area (Å²) in [5.41, 5.74) is 7.26. The Labute approximate surface area is 117 Å². The van der Waals surface area contributed by atoms with Gasteiger partial charge in [-0.15, -0.1) is 0 Å². The van der Waals surface area contributed by atoms with Crippen molar-refractivity contribution in [1.82, 2.24) is 5.43 Å². The summed E-state index contributed by atoms with van der Waals surface area (Å²) in [6.45, 7) is 2.21. The molecule has 1 unspecified atom stereocenters. The highest BCUT2D eigenvalue weighted by Crippen LogP contribution is 2.30. The van der Waals surface area contributed by atoms with E-state index in [0.29, 0.717) is 0 Å². The Hall–Kier alpha value is -1.12. The number of aryl methyl sites for hydroxylation is 1. The smallest absolute Gasteiger partial charge is 0.0672 e. The fourth-order valence-corrected chi connectivity index (χ4v) is 3.01. The minimum atomic E-state index is 0.189. The van der Waals surface area contributed by atoms with Gasteiger partial charge in [0.2, 0.25) is 0 Å². The van der Waals surface area contributed by atoms with E-state index in [1.54, 1.807) is 0 Å². The van der Waals surface area contributed by atoms with E-state index in [4.69, 9.17) is 5.84 Å². The lowest BCUT2D eigenvalue weighted by molar-refractivity contribution is 0.553. The van der Waals surface area contributed by atoms with Crippen molar-refractivity contribution in [3.63, 3.8) is 0 Å². The molecule has 19 heavy (non-hydrogen) atoms. The van der Waals surface area contributed by atoms with E-state index in [1.165, 1.54) is 55.2 Å². The number of hydrogen-bond donors (Lipinski definition) is 2. The van der Waals surface area contributed by atoms with Crippen LogP contribution in [0.2, 0.25) is 0 Å². The summed E-state index contributed by atoms with van der Waals surface area (Å²) in [5.74, 6) is 5.86. The van der Waals surface area contributed by atoms with Crippen molar-refractivity contribution in [3.8, 4) is 0 Å². The average molecular weight is 258 g/mol. The SMILES string of the molecule is CCc1ccccc1C(NN)/C1=C/CCCCCC1. The summed E-state index contributed by atoms with van der Waals surface area (Å²) >= 11 is 0. The summed E-state index contributed by atoms with van der Waals surface area (Å²) in [6, 6.07) is 8.84. The first kappa shape index (κ1) is 14.3. The Bertz CT molecular complexity index is 423. The number of benzene rings is 1. The van der Waals surface area contributed by atoms with E-state index >= 15 is 0 Å². The molecule has 1 aliphatic rings. The van der Waals surface area contributed by atoms with Crippen LogP contribution >= 0.6 is 0 Å². The molecule has 104 valence electrons. The minimum Gasteiger partial charge on any atom is -0.271 e. The van der Waals surface area contributed by atoms with Crippen LogP contribution in [-0.2, 0) is 6.42 Å². The van der Waals surface area contributed by atoms with Gasteiger partial charge in [-0.25, -0.2) is 5.43 Å². The molecule has 0 spiro atoms. The average Bonchev–Trinajstić information content (AvgIpc) is 2.42. The predicted octanol–water partition coefficient (Wildman–Crippen LogP) is 4.03. The van der Waals surface area contributed by atoms with Crippen molar-refractivity contribution in [3.05, 3.63) is 47.0 Å². The number of allylic oxidation sites excluding steroid dienone is 1. The number of rotatable bonds is 4. The molecule has 0 saturated heterocycles. The van der Waals surface area contributed by atoms with Gasteiger partial charge in [-0.3, -0.25) is 5.84 Å². The van der Waals surface area contributed by atoms with Gasteiger partial charge in [-0.2, -0.15) is 0 Å². The van der Waals surface area contributed by atoms with Crippen LogP contribution in [0.3, 0.4) is 0 Å². The third-order valence-electron chi connectivity index (χ3n) is 4.11. The third-order valence-corrected chi connectivity index (χ3v) is 4.11. The van der Waals surface area contributed by atoms with E-state index in [1.807, 2.05) is 0 Å². The molecular formula is C17H26N2. The van der Waals surface area contributed by atoms with Gasteiger partial charge in [0.25, 0.3) is 0 Å². The number of nitrogens with one attached hydrogen (secondary N) is 1. The highest BCUT2D eigenvalue weighted by Gasteiger charge is 2.17. The molecule has 2 heteroatoms. The van der Waals surface area contributed by atoms with Crippen molar-refractivity contribution in [2.75, 3.05) is 0 Å². The summed E-state index contributed by atoms with van der Waals surface area (Å²) in [6.07, 6.45) is 11.2. The molecule has 2 nitrogen and oxygen atoms in total. The first-order valence-electron chi connectivity index (χ1n) is 7.59. The fraction of sp³-hybridized carbons (Fsp3) is 0.529. The number of hydrazine groups is 1. The Morgan fingerprint density at radius 3 is 2.74 bits per heavy atom. The van der Waals surface area contributed by atoms with E-state index in [9.17, 15) is 0 Å². The molecule has 0 aliphatic heterocycles. The van der Waals surface area contributed by atoms with Gasteiger partial charge in [0, 0.05) is 0 Å². The molecule has 1 aromatic carbocycles. The van der Waals surface area contributed by atoms with Crippen molar-refractivity contribution < 1.29 is 0 Å². The highest BCUT2D eigenvalue weighted by molar-refractivity contribution is 5.35. The van der Waals surface area contributed by atoms with Crippen LogP contribution in [-0.4, -0.2) is 0 Å². The molecule has 0 radical (unpaired) electrons. The quantitative estimate of drug-likeness (QED) is 0.486. The fourth-order valence-electron chi connectivity index (χ4n) is 3.01. The van der Waals surface area contributed by atoms with Gasteiger partial charge in [0.1, 0.15) is 0 Å². The van der Waals surface area contributed by atoms with Gasteiger partial charge >= 0.3 is 0 Å². The second kappa shape index (κ2) is 7.46. The molecule has 0 aromatic heterocycles. The van der Waals surface area contributed by atoms with Crippen LogP contribution in [0.1, 0.15) is 62.6 Å². The molecule has 1 aliphatic carbocycles. The van der Waals surface area contributed by atoms with Gasteiger partial charge < -0.3 is 0 Å². The predicted molar refractivity (Wildman–Crippen MR) is 81.7 cm³/mol. The Morgan fingerprint density at radius 2 is 1.95 bits per heavy atom. The van der Waals surface area contributed by atoms with Crippen LogP contribution in [0.5, 0.6) is 0 Å². The van der Waals surface area contributed by atoms with Gasteiger partial charge in [-0.05, 0) is 43.2 Å². The maximum atomic E-state index is 5.86. The summed E-state index contributed by atoms with van der Waals surface area (Å²) < 4.78 is 0. The topological polar surface area (TPSA) is 38.0 Å². The molecule has 3 N–H and O–H groups in total. The minimum absolute atomic E-state index is 0.189. The summed E-state index contributed by atoms with van der Waals surface area (Å²) in [4.78, 5) is 0. The van der Waals surface area contributed by atoms with E-state index < -0.39 is 0 Å². The molecule has 1 atom stereocenters. The molecule has 0 fully saturated rings. The molecule has 0 heterocycles. The second-order valence-corrected chi connectivity index (χ2v) is 5.38. The van der Waals surface area contributed by atoms with Gasteiger partial charge in [0.15, 0.2) is 0 Å². The molecule has 2 rings (SSSR count). The maximum Gasteiger partial charge on any atom is 0.0672 e. The maximum absolute atomic E-state index is 5.86. The first-order chi connectivity index (χ1) is 9.36. The second-order valence-electron chi connectivity index (χ2n) is 5.38. The zero-order valence-electron chi connectivity index (χ0n) is 12.0. The van der Waals surface area contributed by atoms with E-state index in [-0.39, 0.29) is 6.04 Å². The highest BCUT2D eigenvalue weighted by atomic mass is 15.2. The molecule has 0 bridgehead atoms. The van der Waals surface area contributed by atoms with Crippen LogP contribution in [0.4, 0.5) is 0 Å². The van der Waals surface area contributed by atoms with Gasteiger partial charge in [-0.1, -0.05) is 55.7 Å². The van der Waals surface area contributed by atoms with E-state index in [0.717, 1.165) is 6.42 Å². The van der Waals surface area contributed by atoms with Crippen LogP contribution in [0.15, 0.2) is 35.9 Å². The molecule has 0 saturated carbocycles. The Morgan fingerprint density at radius 1 is 1.16 bits per heavy atom. The summed E-state index contributed by atoms with van der Waals surface area (Å²) in [7, 11) is 0. The lowest BCUT2D eigenvalue weighted by Crippen LogP contribution is -2.30. The van der Waals surface area contributed by atoms with E-state index in [2.05, 4.69) is 42.7 Å². The van der Waals surface area contributed by atoms with Crippen LogP contribution in [0, 0.1) is 0 Å².